The number of nitrogens with two attached hydrogens (primary N) is 1. The summed E-state index contributed by atoms with van der Waals surface area (Å²) in [6.07, 6.45) is 0.848. The molecular formula is C11H20N2O2S. The second-order valence-electron chi connectivity index (χ2n) is 3.60. The Hall–Kier alpha value is -0.490. The van der Waals surface area contributed by atoms with E-state index in [1.54, 1.807) is 18.4 Å². The Morgan fingerprint density at radius 3 is 2.94 bits per heavy atom. The fourth-order valence-corrected chi connectivity index (χ4v) is 2.26. The zero-order valence-corrected chi connectivity index (χ0v) is 10.9. The lowest BCUT2D eigenvalue weighted by atomic mass is 10.2. The van der Waals surface area contributed by atoms with Crippen molar-refractivity contribution in [2.24, 2.45) is 5.73 Å². The predicted molar refractivity (Wildman–Crippen MR) is 65.6 cm³/mol. The lowest BCUT2D eigenvalue weighted by molar-refractivity contribution is 0.0760. The summed E-state index contributed by atoms with van der Waals surface area (Å²) >= 11 is 1.60. The van der Waals surface area contributed by atoms with E-state index in [-0.39, 0.29) is 12.1 Å². The van der Waals surface area contributed by atoms with Crippen molar-refractivity contribution in [3.05, 3.63) is 16.1 Å². The smallest absolute Gasteiger partial charge is 0.122 e. The summed E-state index contributed by atoms with van der Waals surface area (Å²) in [5.74, 6) is 0. The Balaban J connectivity index is 2.56. The number of hydrogen-bond donors (Lipinski definition) is 1. The molecule has 16 heavy (non-hydrogen) atoms. The molecule has 0 aliphatic carbocycles. The number of methoxy groups -OCH3 is 1. The van der Waals surface area contributed by atoms with Gasteiger partial charge in [0, 0.05) is 25.7 Å². The van der Waals surface area contributed by atoms with Crippen molar-refractivity contribution < 1.29 is 9.47 Å². The van der Waals surface area contributed by atoms with Gasteiger partial charge in [0.15, 0.2) is 0 Å². The first kappa shape index (κ1) is 13.6. The van der Waals surface area contributed by atoms with Crippen LogP contribution in [-0.2, 0) is 9.47 Å². The lowest BCUT2D eigenvalue weighted by Crippen LogP contribution is -2.13. The van der Waals surface area contributed by atoms with Crippen molar-refractivity contribution >= 4 is 11.3 Å². The second kappa shape index (κ2) is 6.96. The average molecular weight is 244 g/mol. The first-order valence-electron chi connectivity index (χ1n) is 5.50. The third-order valence-electron chi connectivity index (χ3n) is 2.32. The summed E-state index contributed by atoms with van der Waals surface area (Å²) in [6.45, 7) is 5.35. The highest BCUT2D eigenvalue weighted by molar-refractivity contribution is 7.09. The summed E-state index contributed by atoms with van der Waals surface area (Å²) in [6, 6.07) is -0.0428. The summed E-state index contributed by atoms with van der Waals surface area (Å²) in [5.41, 5.74) is 6.93. The topological polar surface area (TPSA) is 57.4 Å². The normalized spacial score (nSPS) is 15.0. The number of hydrogen-bond acceptors (Lipinski definition) is 5. The van der Waals surface area contributed by atoms with Gasteiger partial charge in [-0.2, -0.15) is 0 Å². The number of nitrogens with zero attached hydrogens (tertiary/aromatic N) is 1. The van der Waals surface area contributed by atoms with Gasteiger partial charge in [0.25, 0.3) is 0 Å². The third kappa shape index (κ3) is 3.83. The van der Waals surface area contributed by atoms with E-state index in [9.17, 15) is 0 Å². The summed E-state index contributed by atoms with van der Waals surface area (Å²) in [4.78, 5) is 4.49. The van der Waals surface area contributed by atoms with Crippen molar-refractivity contribution in [2.75, 3.05) is 20.3 Å². The van der Waals surface area contributed by atoms with Crippen LogP contribution in [0.25, 0.3) is 0 Å². The molecule has 0 spiro atoms. The van der Waals surface area contributed by atoms with Gasteiger partial charge in [0.05, 0.1) is 11.7 Å². The van der Waals surface area contributed by atoms with Crippen LogP contribution in [0.1, 0.15) is 43.1 Å². The molecule has 0 aromatic carbocycles. The van der Waals surface area contributed by atoms with E-state index in [0.717, 1.165) is 17.1 Å². The van der Waals surface area contributed by atoms with Crippen LogP contribution < -0.4 is 5.73 Å². The highest BCUT2D eigenvalue weighted by Gasteiger charge is 2.14. The minimum atomic E-state index is -0.0428. The van der Waals surface area contributed by atoms with Crippen LogP contribution in [0.4, 0.5) is 0 Å². The molecule has 0 aliphatic rings. The van der Waals surface area contributed by atoms with E-state index in [4.69, 9.17) is 15.2 Å². The Morgan fingerprint density at radius 2 is 2.31 bits per heavy atom. The maximum absolute atomic E-state index is 5.99. The van der Waals surface area contributed by atoms with Gasteiger partial charge in [-0.15, -0.1) is 11.3 Å². The van der Waals surface area contributed by atoms with E-state index in [1.807, 2.05) is 19.2 Å². The zero-order chi connectivity index (χ0) is 12.0. The van der Waals surface area contributed by atoms with Gasteiger partial charge < -0.3 is 15.2 Å². The van der Waals surface area contributed by atoms with Gasteiger partial charge in [0.1, 0.15) is 11.1 Å². The molecule has 5 heteroatoms. The molecule has 4 nitrogen and oxygen atoms in total. The molecule has 0 radical (unpaired) electrons. The number of thiazole rings is 1. The summed E-state index contributed by atoms with van der Waals surface area (Å²) in [5, 5.41) is 3.00. The molecule has 1 aromatic heterocycles. The molecule has 0 fully saturated rings. The van der Waals surface area contributed by atoms with Gasteiger partial charge in [-0.25, -0.2) is 4.98 Å². The molecule has 2 N–H and O–H groups in total. The molecule has 1 heterocycles. The summed E-state index contributed by atoms with van der Waals surface area (Å²) < 4.78 is 10.5. The highest BCUT2D eigenvalue weighted by atomic mass is 32.1. The van der Waals surface area contributed by atoms with Crippen molar-refractivity contribution in [3.8, 4) is 0 Å². The standard InChI is InChI=1S/C11H20N2O2S/c1-4-15-8(2)11-13-10(7-16-11)9(12)5-6-14-3/h7-9H,4-6,12H2,1-3H3. The minimum Gasteiger partial charge on any atom is -0.385 e. The van der Waals surface area contributed by atoms with Crippen molar-refractivity contribution in [3.63, 3.8) is 0 Å². The lowest BCUT2D eigenvalue weighted by Gasteiger charge is -2.09. The molecule has 1 rings (SSSR count). The monoisotopic (exact) mass is 244 g/mol. The molecule has 0 saturated carbocycles. The van der Waals surface area contributed by atoms with Crippen molar-refractivity contribution in [1.29, 1.82) is 0 Å². The minimum absolute atomic E-state index is 0.0428. The SMILES string of the molecule is CCOC(C)c1nc(C(N)CCOC)cs1. The molecule has 0 amide bonds. The van der Waals surface area contributed by atoms with E-state index >= 15 is 0 Å². The van der Waals surface area contributed by atoms with Gasteiger partial charge >= 0.3 is 0 Å². The summed E-state index contributed by atoms with van der Waals surface area (Å²) in [7, 11) is 1.68. The van der Waals surface area contributed by atoms with Gasteiger partial charge in [-0.05, 0) is 20.3 Å². The van der Waals surface area contributed by atoms with E-state index in [2.05, 4.69) is 4.98 Å². The van der Waals surface area contributed by atoms with Crippen LogP contribution in [0.15, 0.2) is 5.38 Å². The third-order valence-corrected chi connectivity index (χ3v) is 3.34. The highest BCUT2D eigenvalue weighted by Crippen LogP contribution is 2.24. The zero-order valence-electron chi connectivity index (χ0n) is 10.1. The Bertz CT molecular complexity index is 304. The molecule has 0 bridgehead atoms. The van der Waals surface area contributed by atoms with Gasteiger partial charge in [0.2, 0.25) is 0 Å². The van der Waals surface area contributed by atoms with Crippen LogP contribution in [0, 0.1) is 0 Å². The molecule has 1 aromatic rings. The first-order chi connectivity index (χ1) is 7.69. The predicted octanol–water partition coefficient (Wildman–Crippen LogP) is 2.28. The quantitative estimate of drug-likeness (QED) is 0.799. The fourth-order valence-electron chi connectivity index (χ4n) is 1.37. The van der Waals surface area contributed by atoms with E-state index in [1.165, 1.54) is 0 Å². The Morgan fingerprint density at radius 1 is 1.56 bits per heavy atom. The molecule has 0 aliphatic heterocycles. The number of aromatic nitrogens is 1. The van der Waals surface area contributed by atoms with E-state index < -0.39 is 0 Å². The second-order valence-corrected chi connectivity index (χ2v) is 4.49. The van der Waals surface area contributed by atoms with Crippen LogP contribution in [-0.4, -0.2) is 25.3 Å². The maximum atomic E-state index is 5.99. The van der Waals surface area contributed by atoms with Crippen LogP contribution in [0.3, 0.4) is 0 Å². The van der Waals surface area contributed by atoms with Crippen molar-refractivity contribution in [2.45, 2.75) is 32.4 Å². The molecule has 2 atom stereocenters. The van der Waals surface area contributed by atoms with Gasteiger partial charge in [-0.3, -0.25) is 0 Å². The Labute approximate surface area is 101 Å². The molecule has 92 valence electrons. The number of rotatable bonds is 7. The van der Waals surface area contributed by atoms with Gasteiger partial charge in [-0.1, -0.05) is 0 Å². The van der Waals surface area contributed by atoms with Crippen LogP contribution in [0.2, 0.25) is 0 Å². The van der Waals surface area contributed by atoms with Crippen molar-refractivity contribution in [1.82, 2.24) is 4.98 Å². The maximum Gasteiger partial charge on any atom is 0.122 e. The Kier molecular flexibility index (Phi) is 5.90. The molecular weight excluding hydrogens is 224 g/mol. The number of ether oxygens (including phenoxy) is 2. The molecule has 2 unspecified atom stereocenters. The first-order valence-corrected chi connectivity index (χ1v) is 6.38. The largest absolute Gasteiger partial charge is 0.385 e. The fraction of sp³-hybridized carbons (Fsp3) is 0.727. The average Bonchev–Trinajstić information content (AvgIpc) is 2.75. The van der Waals surface area contributed by atoms with Crippen LogP contribution in [0.5, 0.6) is 0 Å². The van der Waals surface area contributed by atoms with Crippen LogP contribution >= 0.6 is 11.3 Å². The molecule has 0 saturated heterocycles. The van der Waals surface area contributed by atoms with E-state index in [0.29, 0.717) is 13.2 Å².